The molecule has 1 atom stereocenters. The van der Waals surface area contributed by atoms with Gasteiger partial charge >= 0.3 is 0 Å². The first-order valence-corrected chi connectivity index (χ1v) is 8.98. The van der Waals surface area contributed by atoms with E-state index in [1.165, 1.54) is 0 Å². The maximum absolute atomic E-state index is 12.4. The van der Waals surface area contributed by atoms with Crippen molar-refractivity contribution in [3.8, 4) is 5.88 Å². The standard InChI is InChI=1S/C20H25N5O2/c1-12-16(14(3)23-19-18(12)20(27-5)24-25(19)4)8-9-17(26)22-13(2)15-7-6-10-21-11-15/h6-7,10-11,13H,8-9H2,1-5H3,(H,22,26)/t13-/m0/s1. The van der Waals surface area contributed by atoms with Crippen molar-refractivity contribution in [3.63, 3.8) is 0 Å². The van der Waals surface area contributed by atoms with E-state index in [9.17, 15) is 4.79 Å². The number of fused-ring (bicyclic) bond motifs is 1. The third-order valence-electron chi connectivity index (χ3n) is 4.88. The van der Waals surface area contributed by atoms with Crippen LogP contribution in [0.15, 0.2) is 24.5 Å². The molecule has 0 unspecified atom stereocenters. The lowest BCUT2D eigenvalue weighted by molar-refractivity contribution is -0.121. The van der Waals surface area contributed by atoms with Crippen LogP contribution in [0.5, 0.6) is 5.88 Å². The van der Waals surface area contributed by atoms with E-state index in [1.807, 2.05) is 40.0 Å². The summed E-state index contributed by atoms with van der Waals surface area (Å²) < 4.78 is 7.12. The highest BCUT2D eigenvalue weighted by atomic mass is 16.5. The first kappa shape index (κ1) is 18.8. The molecule has 0 aliphatic carbocycles. The number of carbonyl (C=O) groups is 1. The fourth-order valence-electron chi connectivity index (χ4n) is 3.37. The van der Waals surface area contributed by atoms with Crippen molar-refractivity contribution in [2.75, 3.05) is 7.11 Å². The summed E-state index contributed by atoms with van der Waals surface area (Å²) in [7, 11) is 3.46. The van der Waals surface area contributed by atoms with Crippen molar-refractivity contribution >= 4 is 16.9 Å². The van der Waals surface area contributed by atoms with Crippen LogP contribution in [0, 0.1) is 13.8 Å². The highest BCUT2D eigenvalue weighted by Crippen LogP contribution is 2.30. The zero-order chi connectivity index (χ0) is 19.6. The van der Waals surface area contributed by atoms with Gasteiger partial charge in [0.2, 0.25) is 11.8 Å². The molecule has 3 rings (SSSR count). The average Bonchev–Trinajstić information content (AvgIpc) is 2.98. The predicted molar refractivity (Wildman–Crippen MR) is 104 cm³/mol. The zero-order valence-corrected chi connectivity index (χ0v) is 16.4. The van der Waals surface area contributed by atoms with Crippen LogP contribution in [-0.4, -0.2) is 32.8 Å². The third kappa shape index (κ3) is 3.77. The Bertz CT molecular complexity index is 966. The molecule has 0 saturated carbocycles. The molecule has 0 spiro atoms. The summed E-state index contributed by atoms with van der Waals surface area (Å²) in [6.07, 6.45) is 4.50. The second-order valence-corrected chi connectivity index (χ2v) is 6.71. The van der Waals surface area contributed by atoms with Crippen molar-refractivity contribution in [1.29, 1.82) is 0 Å². The zero-order valence-electron chi connectivity index (χ0n) is 16.4. The normalized spacial score (nSPS) is 12.2. The summed E-state index contributed by atoms with van der Waals surface area (Å²) >= 11 is 0. The summed E-state index contributed by atoms with van der Waals surface area (Å²) in [5.74, 6) is 0.566. The minimum absolute atomic E-state index is 0.00315. The number of methoxy groups -OCH3 is 1. The van der Waals surface area contributed by atoms with Gasteiger partial charge in [-0.2, -0.15) is 0 Å². The van der Waals surface area contributed by atoms with Crippen LogP contribution >= 0.6 is 0 Å². The summed E-state index contributed by atoms with van der Waals surface area (Å²) in [4.78, 5) is 21.2. The summed E-state index contributed by atoms with van der Waals surface area (Å²) in [5.41, 5.74) is 4.83. The van der Waals surface area contributed by atoms with Gasteiger partial charge in [0.15, 0.2) is 5.65 Å². The van der Waals surface area contributed by atoms with Crippen LogP contribution in [-0.2, 0) is 18.3 Å². The first-order chi connectivity index (χ1) is 12.9. The van der Waals surface area contributed by atoms with Gasteiger partial charge in [0, 0.05) is 31.6 Å². The first-order valence-electron chi connectivity index (χ1n) is 8.98. The second kappa shape index (κ2) is 7.73. The molecule has 7 nitrogen and oxygen atoms in total. The molecule has 3 aromatic heterocycles. The van der Waals surface area contributed by atoms with Gasteiger partial charge in [-0.1, -0.05) is 6.07 Å². The van der Waals surface area contributed by atoms with Crippen molar-refractivity contribution in [3.05, 3.63) is 46.9 Å². The van der Waals surface area contributed by atoms with Gasteiger partial charge in [0.05, 0.1) is 18.5 Å². The van der Waals surface area contributed by atoms with Crippen molar-refractivity contribution in [2.45, 2.75) is 39.7 Å². The van der Waals surface area contributed by atoms with Gasteiger partial charge in [-0.25, -0.2) is 9.67 Å². The summed E-state index contributed by atoms with van der Waals surface area (Å²) in [6.45, 7) is 5.96. The van der Waals surface area contributed by atoms with Gasteiger partial charge in [0.1, 0.15) is 0 Å². The molecule has 0 bridgehead atoms. The molecular formula is C20H25N5O2. The summed E-state index contributed by atoms with van der Waals surface area (Å²) in [5, 5.41) is 8.30. The molecule has 0 aliphatic heterocycles. The molecule has 3 aromatic rings. The van der Waals surface area contributed by atoms with E-state index in [-0.39, 0.29) is 11.9 Å². The fourth-order valence-corrected chi connectivity index (χ4v) is 3.37. The van der Waals surface area contributed by atoms with Crippen molar-refractivity contribution in [2.24, 2.45) is 7.05 Å². The monoisotopic (exact) mass is 367 g/mol. The van der Waals surface area contributed by atoms with E-state index in [2.05, 4.69) is 20.4 Å². The smallest absolute Gasteiger partial charge is 0.242 e. The molecule has 142 valence electrons. The molecule has 27 heavy (non-hydrogen) atoms. The topological polar surface area (TPSA) is 81.9 Å². The lowest BCUT2D eigenvalue weighted by atomic mass is 10.00. The molecule has 0 radical (unpaired) electrons. The Morgan fingerprint density at radius 3 is 2.81 bits per heavy atom. The number of rotatable bonds is 6. The Hall–Kier alpha value is -2.96. The Labute approximate surface area is 158 Å². The number of amides is 1. The van der Waals surface area contributed by atoms with E-state index in [1.54, 1.807) is 24.2 Å². The number of carbonyl (C=O) groups excluding carboxylic acids is 1. The minimum atomic E-state index is -0.0765. The van der Waals surface area contributed by atoms with Crippen LogP contribution < -0.4 is 10.1 Å². The van der Waals surface area contributed by atoms with E-state index in [4.69, 9.17) is 4.74 Å². The molecule has 7 heteroatoms. The van der Waals surface area contributed by atoms with Crippen LogP contribution in [0.3, 0.4) is 0 Å². The highest BCUT2D eigenvalue weighted by Gasteiger charge is 2.19. The van der Waals surface area contributed by atoms with Crippen LogP contribution in [0.2, 0.25) is 0 Å². The second-order valence-electron chi connectivity index (χ2n) is 6.71. The van der Waals surface area contributed by atoms with Crippen molar-refractivity contribution in [1.82, 2.24) is 25.1 Å². The molecule has 0 aromatic carbocycles. The third-order valence-corrected chi connectivity index (χ3v) is 4.88. The number of hydrogen-bond acceptors (Lipinski definition) is 5. The fraction of sp³-hybridized carbons (Fsp3) is 0.400. The lowest BCUT2D eigenvalue weighted by Crippen LogP contribution is -2.27. The number of nitrogens with zero attached hydrogens (tertiary/aromatic N) is 4. The molecule has 0 aliphatic rings. The Morgan fingerprint density at radius 1 is 1.37 bits per heavy atom. The molecular weight excluding hydrogens is 342 g/mol. The van der Waals surface area contributed by atoms with Crippen LogP contribution in [0.25, 0.3) is 11.0 Å². The maximum atomic E-state index is 12.4. The molecule has 1 N–H and O–H groups in total. The molecule has 0 saturated heterocycles. The average molecular weight is 367 g/mol. The van der Waals surface area contributed by atoms with Crippen molar-refractivity contribution < 1.29 is 9.53 Å². The largest absolute Gasteiger partial charge is 0.479 e. The van der Waals surface area contributed by atoms with Gasteiger partial charge in [-0.05, 0) is 49.9 Å². The number of aromatic nitrogens is 4. The van der Waals surface area contributed by atoms with Crippen LogP contribution in [0.4, 0.5) is 0 Å². The molecule has 3 heterocycles. The number of pyridine rings is 2. The molecule has 1 amide bonds. The minimum Gasteiger partial charge on any atom is -0.479 e. The van der Waals surface area contributed by atoms with Gasteiger partial charge in [0.25, 0.3) is 0 Å². The Balaban J connectivity index is 1.76. The number of hydrogen-bond donors (Lipinski definition) is 1. The molecule has 0 fully saturated rings. The number of aryl methyl sites for hydroxylation is 3. The van der Waals surface area contributed by atoms with E-state index < -0.39 is 0 Å². The quantitative estimate of drug-likeness (QED) is 0.724. The Morgan fingerprint density at radius 2 is 2.15 bits per heavy atom. The van der Waals surface area contributed by atoms with Gasteiger partial charge in [-0.15, -0.1) is 5.10 Å². The van der Waals surface area contributed by atoms with E-state index >= 15 is 0 Å². The van der Waals surface area contributed by atoms with E-state index in [0.29, 0.717) is 18.7 Å². The SMILES string of the molecule is COc1nn(C)c2nc(C)c(CCC(=O)N[C@@H](C)c3cccnc3)c(C)c12. The van der Waals surface area contributed by atoms with Gasteiger partial charge in [-0.3, -0.25) is 9.78 Å². The number of ether oxygens (including phenoxy) is 1. The summed E-state index contributed by atoms with van der Waals surface area (Å²) in [6, 6.07) is 3.75. The van der Waals surface area contributed by atoms with Gasteiger partial charge < -0.3 is 10.1 Å². The maximum Gasteiger partial charge on any atom is 0.242 e. The van der Waals surface area contributed by atoms with E-state index in [0.717, 1.165) is 33.4 Å². The van der Waals surface area contributed by atoms with Crippen LogP contribution in [0.1, 0.15) is 41.8 Å². The predicted octanol–water partition coefficient (Wildman–Crippen LogP) is 2.80. The highest BCUT2D eigenvalue weighted by molar-refractivity contribution is 5.86. The lowest BCUT2D eigenvalue weighted by Gasteiger charge is -2.15. The number of nitrogens with one attached hydrogen (secondary N) is 1. The Kier molecular flexibility index (Phi) is 5.39.